The van der Waals surface area contributed by atoms with E-state index >= 15 is 0 Å². The number of benzene rings is 2. The molecule has 4 aromatic rings. The Morgan fingerprint density at radius 2 is 2.10 bits per heavy atom. The van der Waals surface area contributed by atoms with Gasteiger partial charge in [-0.3, -0.25) is 14.2 Å². The van der Waals surface area contributed by atoms with Crippen molar-refractivity contribution in [2.24, 2.45) is 0 Å². The minimum Gasteiger partial charge on any atom is -0.496 e. The maximum atomic E-state index is 12.6. The highest BCUT2D eigenvalue weighted by molar-refractivity contribution is 9.10. The highest BCUT2D eigenvalue weighted by Crippen LogP contribution is 2.31. The Morgan fingerprint density at radius 1 is 1.27 bits per heavy atom. The number of hydrogen-bond acceptors (Lipinski definition) is 6. The van der Waals surface area contributed by atoms with Crippen LogP contribution in [0.15, 0.2) is 63.4 Å². The molecule has 0 aliphatic rings. The predicted molar refractivity (Wildman–Crippen MR) is 121 cm³/mol. The second kappa shape index (κ2) is 8.76. The number of nitrogens with zero attached hydrogens (tertiary/aromatic N) is 3. The van der Waals surface area contributed by atoms with E-state index in [0.717, 1.165) is 21.5 Å². The Kier molecular flexibility index (Phi) is 5.91. The van der Waals surface area contributed by atoms with Crippen LogP contribution in [-0.4, -0.2) is 27.6 Å². The first-order valence-electron chi connectivity index (χ1n) is 9.08. The second-order valence-corrected chi connectivity index (χ2v) is 8.21. The fourth-order valence-electron chi connectivity index (χ4n) is 3.01. The number of hydrogen-bond donors (Lipinski definition) is 1. The molecule has 7 nitrogen and oxygen atoms in total. The van der Waals surface area contributed by atoms with Crippen LogP contribution in [0.2, 0.25) is 0 Å². The lowest BCUT2D eigenvalue weighted by molar-refractivity contribution is -0.116. The zero-order chi connectivity index (χ0) is 21.1. The number of methoxy groups -OCH3 is 1. The van der Waals surface area contributed by atoms with E-state index in [9.17, 15) is 9.59 Å². The van der Waals surface area contributed by atoms with Crippen LogP contribution in [0.5, 0.6) is 5.75 Å². The zero-order valence-electron chi connectivity index (χ0n) is 16.0. The summed E-state index contributed by atoms with van der Waals surface area (Å²) < 4.78 is 7.61. The molecule has 4 rings (SSSR count). The molecule has 0 fully saturated rings. The molecule has 0 aliphatic carbocycles. The van der Waals surface area contributed by atoms with Crippen molar-refractivity contribution in [2.75, 3.05) is 12.4 Å². The summed E-state index contributed by atoms with van der Waals surface area (Å²) in [5.74, 6) is 0.493. The van der Waals surface area contributed by atoms with E-state index in [4.69, 9.17) is 4.74 Å². The van der Waals surface area contributed by atoms with Crippen molar-refractivity contribution >= 4 is 49.2 Å². The van der Waals surface area contributed by atoms with E-state index in [1.54, 1.807) is 19.2 Å². The smallest absolute Gasteiger partial charge is 0.261 e. The summed E-state index contributed by atoms with van der Waals surface area (Å²) in [5.41, 5.74) is 2.03. The third-order valence-corrected chi connectivity index (χ3v) is 5.75. The van der Waals surface area contributed by atoms with Gasteiger partial charge >= 0.3 is 0 Å². The molecule has 0 saturated heterocycles. The van der Waals surface area contributed by atoms with Crippen LogP contribution in [-0.2, 0) is 11.3 Å². The van der Waals surface area contributed by atoms with Crippen LogP contribution in [0.25, 0.3) is 22.2 Å². The molecule has 2 aromatic heterocycles. The van der Waals surface area contributed by atoms with Gasteiger partial charge in [0.1, 0.15) is 5.75 Å². The standard InChI is InChI=1S/C21H17BrN4O3S/c1-29-18-5-3-2-4-14(18)17-11-30-21(24-17)25-19(27)8-9-26-12-23-16-7-6-13(22)10-15(16)20(26)28/h2-7,10-12H,8-9H2,1H3,(H,24,25,27). The quantitative estimate of drug-likeness (QED) is 0.440. The van der Waals surface area contributed by atoms with Crippen molar-refractivity contribution in [1.29, 1.82) is 0 Å². The molecule has 2 aromatic carbocycles. The van der Waals surface area contributed by atoms with Crippen molar-refractivity contribution < 1.29 is 9.53 Å². The Hall–Kier alpha value is -3.04. The van der Waals surface area contributed by atoms with Gasteiger partial charge in [0, 0.05) is 28.4 Å². The highest BCUT2D eigenvalue weighted by atomic mass is 79.9. The SMILES string of the molecule is COc1ccccc1-c1csc(NC(=O)CCn2cnc3ccc(Br)cc3c2=O)n1. The first-order chi connectivity index (χ1) is 14.5. The number of carbonyl (C=O) groups excluding carboxylic acids is 1. The molecule has 30 heavy (non-hydrogen) atoms. The van der Waals surface area contributed by atoms with Crippen LogP contribution in [0, 0.1) is 0 Å². The third-order valence-electron chi connectivity index (χ3n) is 4.50. The van der Waals surface area contributed by atoms with Crippen LogP contribution in [0.1, 0.15) is 6.42 Å². The number of aromatic nitrogens is 3. The van der Waals surface area contributed by atoms with Gasteiger partial charge in [-0.15, -0.1) is 11.3 Å². The molecule has 1 amide bonds. The Bertz CT molecular complexity index is 1280. The normalized spacial score (nSPS) is 10.9. The van der Waals surface area contributed by atoms with Gasteiger partial charge in [0.25, 0.3) is 5.56 Å². The first kappa shape index (κ1) is 20.2. The van der Waals surface area contributed by atoms with Gasteiger partial charge in [0.05, 0.1) is 30.0 Å². The Balaban J connectivity index is 1.44. The molecule has 0 aliphatic heterocycles. The summed E-state index contributed by atoms with van der Waals surface area (Å²) in [6, 6.07) is 12.9. The van der Waals surface area contributed by atoms with E-state index in [-0.39, 0.29) is 24.4 Å². The molecular weight excluding hydrogens is 468 g/mol. The number of aryl methyl sites for hydroxylation is 1. The van der Waals surface area contributed by atoms with Gasteiger partial charge in [-0.1, -0.05) is 28.1 Å². The molecule has 1 N–H and O–H groups in total. The van der Waals surface area contributed by atoms with Gasteiger partial charge in [0.2, 0.25) is 5.91 Å². The van der Waals surface area contributed by atoms with Gasteiger partial charge < -0.3 is 10.1 Å². The van der Waals surface area contributed by atoms with Crippen molar-refractivity contribution in [3.63, 3.8) is 0 Å². The number of carbonyl (C=O) groups is 1. The molecule has 0 bridgehead atoms. The van der Waals surface area contributed by atoms with Crippen LogP contribution < -0.4 is 15.6 Å². The van der Waals surface area contributed by atoms with E-state index in [1.807, 2.05) is 35.7 Å². The molecule has 9 heteroatoms. The molecule has 0 atom stereocenters. The number of nitrogens with one attached hydrogen (secondary N) is 1. The summed E-state index contributed by atoms with van der Waals surface area (Å²) in [4.78, 5) is 33.8. The summed E-state index contributed by atoms with van der Waals surface area (Å²) >= 11 is 4.70. The van der Waals surface area contributed by atoms with Crippen molar-refractivity contribution in [1.82, 2.24) is 14.5 Å². The summed E-state index contributed by atoms with van der Waals surface area (Å²) in [6.45, 7) is 0.227. The lowest BCUT2D eigenvalue weighted by atomic mass is 10.1. The zero-order valence-corrected chi connectivity index (χ0v) is 18.4. The number of amides is 1. The lowest BCUT2D eigenvalue weighted by Crippen LogP contribution is -2.23. The molecule has 0 unspecified atom stereocenters. The van der Waals surface area contributed by atoms with Crippen molar-refractivity contribution in [3.05, 3.63) is 69.0 Å². The molecule has 152 valence electrons. The number of anilines is 1. The Morgan fingerprint density at radius 3 is 2.93 bits per heavy atom. The van der Waals surface area contributed by atoms with Crippen LogP contribution >= 0.6 is 27.3 Å². The largest absolute Gasteiger partial charge is 0.496 e. The minimum absolute atomic E-state index is 0.130. The van der Waals surface area contributed by atoms with Gasteiger partial charge in [0.15, 0.2) is 5.13 Å². The highest BCUT2D eigenvalue weighted by Gasteiger charge is 2.12. The van der Waals surface area contributed by atoms with Gasteiger partial charge in [-0.2, -0.15) is 0 Å². The molecular formula is C21H17BrN4O3S. The summed E-state index contributed by atoms with van der Waals surface area (Å²) in [6.07, 6.45) is 1.60. The third kappa shape index (κ3) is 4.27. The minimum atomic E-state index is -0.225. The Labute approximate surface area is 184 Å². The number of fused-ring (bicyclic) bond motifs is 1. The maximum Gasteiger partial charge on any atom is 0.261 e. The number of thiazole rings is 1. The van der Waals surface area contributed by atoms with Crippen LogP contribution in [0.3, 0.4) is 0 Å². The monoisotopic (exact) mass is 484 g/mol. The predicted octanol–water partition coefficient (Wildman–Crippen LogP) is 4.32. The maximum absolute atomic E-state index is 12.6. The topological polar surface area (TPSA) is 86.1 Å². The molecule has 0 spiro atoms. The van der Waals surface area contributed by atoms with Crippen LogP contribution in [0.4, 0.5) is 5.13 Å². The molecule has 2 heterocycles. The fraction of sp³-hybridized carbons (Fsp3) is 0.143. The van der Waals surface area contributed by atoms with Gasteiger partial charge in [-0.05, 0) is 30.3 Å². The summed E-state index contributed by atoms with van der Waals surface area (Å²) in [5, 5.41) is 5.66. The molecule has 0 radical (unpaired) electrons. The van der Waals surface area contributed by atoms with E-state index in [2.05, 4.69) is 31.2 Å². The fourth-order valence-corrected chi connectivity index (χ4v) is 4.09. The van der Waals surface area contributed by atoms with Crippen molar-refractivity contribution in [3.8, 4) is 17.0 Å². The number of para-hydroxylation sites is 1. The van der Waals surface area contributed by atoms with E-state index < -0.39 is 0 Å². The van der Waals surface area contributed by atoms with Crippen molar-refractivity contribution in [2.45, 2.75) is 13.0 Å². The average Bonchev–Trinajstić information content (AvgIpc) is 3.21. The van der Waals surface area contributed by atoms with Gasteiger partial charge in [-0.25, -0.2) is 9.97 Å². The van der Waals surface area contributed by atoms with E-state index in [1.165, 1.54) is 22.2 Å². The summed E-state index contributed by atoms with van der Waals surface area (Å²) in [7, 11) is 1.61. The molecule has 0 saturated carbocycles. The lowest BCUT2D eigenvalue weighted by Gasteiger charge is -2.07. The second-order valence-electron chi connectivity index (χ2n) is 6.44. The first-order valence-corrected chi connectivity index (χ1v) is 10.8. The van der Waals surface area contributed by atoms with E-state index in [0.29, 0.717) is 16.0 Å². The number of ether oxygens (including phenoxy) is 1. The number of rotatable bonds is 6. The number of halogens is 1. The average molecular weight is 485 g/mol.